The van der Waals surface area contributed by atoms with E-state index in [1.54, 1.807) is 25.4 Å². The van der Waals surface area contributed by atoms with Gasteiger partial charge in [0.15, 0.2) is 5.78 Å². The van der Waals surface area contributed by atoms with Gasteiger partial charge in [-0.2, -0.15) is 0 Å². The second-order valence-electron chi connectivity index (χ2n) is 4.18. The summed E-state index contributed by atoms with van der Waals surface area (Å²) in [6.07, 6.45) is 4.21. The van der Waals surface area contributed by atoms with Gasteiger partial charge in [0.1, 0.15) is 12.1 Å². The molecule has 0 spiro atoms. The molecule has 1 aromatic heterocycles. The maximum Gasteiger partial charge on any atom is 0.168 e. The van der Waals surface area contributed by atoms with Gasteiger partial charge >= 0.3 is 0 Å². The Hall–Kier alpha value is -2.23. The van der Waals surface area contributed by atoms with Crippen LogP contribution >= 0.6 is 0 Å². The molecule has 1 heterocycles. The SMILES string of the molecule is CCc1cc(C(=O)Cc2ccncn2)ccc1OC. The van der Waals surface area contributed by atoms with Gasteiger partial charge in [-0.3, -0.25) is 4.79 Å². The Bertz CT molecular complexity index is 568. The summed E-state index contributed by atoms with van der Waals surface area (Å²) >= 11 is 0. The molecule has 0 atom stereocenters. The Morgan fingerprint density at radius 2 is 2.16 bits per heavy atom. The lowest BCUT2D eigenvalue weighted by Gasteiger charge is -2.08. The molecule has 0 aliphatic rings. The van der Waals surface area contributed by atoms with Crippen molar-refractivity contribution in [2.24, 2.45) is 0 Å². The van der Waals surface area contributed by atoms with Crippen LogP contribution in [-0.4, -0.2) is 22.9 Å². The minimum atomic E-state index is 0.0519. The van der Waals surface area contributed by atoms with E-state index in [0.717, 1.165) is 23.4 Å². The van der Waals surface area contributed by atoms with Gasteiger partial charge < -0.3 is 4.74 Å². The van der Waals surface area contributed by atoms with Crippen molar-refractivity contribution >= 4 is 5.78 Å². The molecule has 0 fully saturated rings. The normalized spacial score (nSPS) is 10.2. The van der Waals surface area contributed by atoms with Crippen LogP contribution in [-0.2, 0) is 12.8 Å². The van der Waals surface area contributed by atoms with E-state index >= 15 is 0 Å². The lowest BCUT2D eigenvalue weighted by molar-refractivity contribution is 0.0992. The fourth-order valence-electron chi connectivity index (χ4n) is 1.92. The Morgan fingerprint density at radius 1 is 1.32 bits per heavy atom. The van der Waals surface area contributed by atoms with Crippen LogP contribution < -0.4 is 4.74 Å². The standard InChI is InChI=1S/C15H16N2O2/c1-3-11-8-12(4-5-15(11)19-2)14(18)9-13-6-7-16-10-17-13/h4-8,10H,3,9H2,1-2H3. The average molecular weight is 256 g/mol. The molecule has 4 nitrogen and oxygen atoms in total. The Labute approximate surface area is 112 Å². The van der Waals surface area contributed by atoms with Gasteiger partial charge in [0.2, 0.25) is 0 Å². The predicted molar refractivity (Wildman–Crippen MR) is 72.4 cm³/mol. The first kappa shape index (κ1) is 13.2. The van der Waals surface area contributed by atoms with E-state index in [0.29, 0.717) is 5.56 Å². The Balaban J connectivity index is 2.20. The first-order valence-electron chi connectivity index (χ1n) is 6.19. The highest BCUT2D eigenvalue weighted by Gasteiger charge is 2.10. The van der Waals surface area contributed by atoms with Crippen molar-refractivity contribution in [2.75, 3.05) is 7.11 Å². The summed E-state index contributed by atoms with van der Waals surface area (Å²) < 4.78 is 5.26. The molecule has 0 saturated heterocycles. The van der Waals surface area contributed by atoms with E-state index in [2.05, 4.69) is 9.97 Å². The van der Waals surface area contributed by atoms with E-state index in [9.17, 15) is 4.79 Å². The van der Waals surface area contributed by atoms with Crippen molar-refractivity contribution in [1.82, 2.24) is 9.97 Å². The van der Waals surface area contributed by atoms with Crippen LogP contribution in [0.5, 0.6) is 5.75 Å². The second kappa shape index (κ2) is 6.09. The van der Waals surface area contributed by atoms with Gasteiger partial charge in [0, 0.05) is 11.8 Å². The minimum Gasteiger partial charge on any atom is -0.496 e. The van der Waals surface area contributed by atoms with E-state index < -0.39 is 0 Å². The number of carbonyl (C=O) groups is 1. The van der Waals surface area contributed by atoms with Gasteiger partial charge in [0.05, 0.1) is 19.2 Å². The van der Waals surface area contributed by atoms with E-state index in [4.69, 9.17) is 4.74 Å². The molecule has 0 N–H and O–H groups in total. The number of ketones is 1. The quantitative estimate of drug-likeness (QED) is 0.771. The number of benzene rings is 1. The Kier molecular flexibility index (Phi) is 4.23. The van der Waals surface area contributed by atoms with Gasteiger partial charge in [0.25, 0.3) is 0 Å². The second-order valence-corrected chi connectivity index (χ2v) is 4.18. The molecule has 0 saturated carbocycles. The van der Waals surface area contributed by atoms with Crippen molar-refractivity contribution in [3.63, 3.8) is 0 Å². The first-order chi connectivity index (χ1) is 9.24. The van der Waals surface area contributed by atoms with Crippen LogP contribution in [0.2, 0.25) is 0 Å². The topological polar surface area (TPSA) is 52.1 Å². The molecule has 0 bridgehead atoms. The van der Waals surface area contributed by atoms with E-state index in [-0.39, 0.29) is 12.2 Å². The van der Waals surface area contributed by atoms with E-state index in [1.807, 2.05) is 19.1 Å². The molecule has 2 rings (SSSR count). The number of hydrogen-bond acceptors (Lipinski definition) is 4. The highest BCUT2D eigenvalue weighted by molar-refractivity contribution is 5.97. The molecule has 0 unspecified atom stereocenters. The third-order valence-corrected chi connectivity index (χ3v) is 2.97. The third-order valence-electron chi connectivity index (χ3n) is 2.97. The zero-order valence-electron chi connectivity index (χ0n) is 11.1. The van der Waals surface area contributed by atoms with Crippen molar-refractivity contribution in [2.45, 2.75) is 19.8 Å². The summed E-state index contributed by atoms with van der Waals surface area (Å²) in [6.45, 7) is 2.04. The average Bonchev–Trinajstić information content (AvgIpc) is 2.47. The fourth-order valence-corrected chi connectivity index (χ4v) is 1.92. The number of nitrogens with zero attached hydrogens (tertiary/aromatic N) is 2. The van der Waals surface area contributed by atoms with Gasteiger partial charge in [-0.15, -0.1) is 0 Å². The van der Waals surface area contributed by atoms with Crippen LogP contribution in [0.1, 0.15) is 28.5 Å². The maximum absolute atomic E-state index is 12.2. The smallest absolute Gasteiger partial charge is 0.168 e. The van der Waals surface area contributed by atoms with Crippen molar-refractivity contribution in [3.05, 3.63) is 53.6 Å². The van der Waals surface area contributed by atoms with Crippen molar-refractivity contribution in [1.29, 1.82) is 0 Å². The fraction of sp³-hybridized carbons (Fsp3) is 0.267. The largest absolute Gasteiger partial charge is 0.496 e. The highest BCUT2D eigenvalue weighted by atomic mass is 16.5. The summed E-state index contributed by atoms with van der Waals surface area (Å²) in [7, 11) is 1.64. The molecule has 2 aromatic rings. The number of aryl methyl sites for hydroxylation is 1. The molecule has 1 aromatic carbocycles. The molecular weight excluding hydrogens is 240 g/mol. The first-order valence-corrected chi connectivity index (χ1v) is 6.19. The number of Topliss-reactive ketones (excluding diaryl/α,β-unsaturated/α-hetero) is 1. The van der Waals surface area contributed by atoms with Crippen LogP contribution in [0.15, 0.2) is 36.8 Å². The number of hydrogen-bond donors (Lipinski definition) is 0. The molecule has 0 radical (unpaired) electrons. The molecule has 0 aliphatic carbocycles. The zero-order chi connectivity index (χ0) is 13.7. The molecule has 19 heavy (non-hydrogen) atoms. The van der Waals surface area contributed by atoms with Gasteiger partial charge in [-0.25, -0.2) is 9.97 Å². The number of ether oxygens (including phenoxy) is 1. The van der Waals surface area contributed by atoms with Crippen molar-refractivity contribution < 1.29 is 9.53 Å². The summed E-state index contributed by atoms with van der Waals surface area (Å²) in [5, 5.41) is 0. The maximum atomic E-state index is 12.2. The number of aromatic nitrogens is 2. The summed E-state index contributed by atoms with van der Waals surface area (Å²) in [5.41, 5.74) is 2.46. The molecule has 98 valence electrons. The summed E-state index contributed by atoms with van der Waals surface area (Å²) in [4.78, 5) is 20.1. The van der Waals surface area contributed by atoms with Gasteiger partial charge in [-0.05, 0) is 36.2 Å². The summed E-state index contributed by atoms with van der Waals surface area (Å²) in [5.74, 6) is 0.872. The highest BCUT2D eigenvalue weighted by Crippen LogP contribution is 2.21. The lowest BCUT2D eigenvalue weighted by Crippen LogP contribution is -2.06. The number of methoxy groups -OCH3 is 1. The molecule has 4 heteroatoms. The van der Waals surface area contributed by atoms with Crippen molar-refractivity contribution in [3.8, 4) is 5.75 Å². The molecule has 0 aliphatic heterocycles. The number of carbonyl (C=O) groups excluding carboxylic acids is 1. The Morgan fingerprint density at radius 3 is 2.79 bits per heavy atom. The monoisotopic (exact) mass is 256 g/mol. The zero-order valence-corrected chi connectivity index (χ0v) is 11.1. The lowest BCUT2D eigenvalue weighted by atomic mass is 10.0. The van der Waals surface area contributed by atoms with Crippen LogP contribution in [0.3, 0.4) is 0 Å². The minimum absolute atomic E-state index is 0.0519. The van der Waals surface area contributed by atoms with E-state index in [1.165, 1.54) is 6.33 Å². The number of rotatable bonds is 5. The van der Waals surface area contributed by atoms with Crippen LogP contribution in [0, 0.1) is 0 Å². The van der Waals surface area contributed by atoms with Crippen LogP contribution in [0.4, 0.5) is 0 Å². The molecule has 0 amide bonds. The van der Waals surface area contributed by atoms with Gasteiger partial charge in [-0.1, -0.05) is 6.92 Å². The van der Waals surface area contributed by atoms with Crippen LogP contribution in [0.25, 0.3) is 0 Å². The summed E-state index contributed by atoms with van der Waals surface area (Å²) in [6, 6.07) is 7.28. The third kappa shape index (κ3) is 3.16. The predicted octanol–water partition coefficient (Wildman–Crippen LogP) is 2.47. The molecular formula is C15H16N2O2.